The van der Waals surface area contributed by atoms with E-state index in [0.29, 0.717) is 76.8 Å². The lowest BCUT2D eigenvalue weighted by atomic mass is 9.78. The van der Waals surface area contributed by atoms with E-state index in [9.17, 15) is 34.5 Å². The predicted molar refractivity (Wildman–Crippen MR) is 273 cm³/mol. The van der Waals surface area contributed by atoms with Crippen molar-refractivity contribution in [1.82, 2.24) is 4.90 Å². The van der Waals surface area contributed by atoms with E-state index >= 15 is 0 Å². The van der Waals surface area contributed by atoms with Crippen LogP contribution in [0.25, 0.3) is 0 Å². The van der Waals surface area contributed by atoms with Crippen molar-refractivity contribution in [2.24, 2.45) is 35.5 Å². The Balaban J connectivity index is 1.72. The first-order valence-electron chi connectivity index (χ1n) is 26.6. The average molecular weight is 1020 g/mol. The number of hydrogen-bond acceptors (Lipinski definition) is 15. The summed E-state index contributed by atoms with van der Waals surface area (Å²) in [5.74, 6) is -7.03. The number of esters is 1. The number of allylic oxidation sites excluding steroid dienone is 5. The summed E-state index contributed by atoms with van der Waals surface area (Å²) in [6.45, 7) is 14.8. The second kappa shape index (κ2) is 30.4. The van der Waals surface area contributed by atoms with Gasteiger partial charge in [-0.25, -0.2) is 4.79 Å². The van der Waals surface area contributed by atoms with Crippen LogP contribution in [-0.2, 0) is 57.1 Å². The Hall–Kier alpha value is -3.16. The fourth-order valence-corrected chi connectivity index (χ4v) is 11.0. The van der Waals surface area contributed by atoms with Crippen molar-refractivity contribution >= 4 is 23.4 Å². The number of rotatable bonds is 13. The van der Waals surface area contributed by atoms with Crippen molar-refractivity contribution in [3.63, 3.8) is 0 Å². The molecule has 2 bridgehead atoms. The van der Waals surface area contributed by atoms with E-state index in [4.69, 9.17) is 37.9 Å². The van der Waals surface area contributed by atoms with Crippen LogP contribution in [0, 0.1) is 35.5 Å². The smallest absolute Gasteiger partial charge is 0.329 e. The molecule has 0 spiro atoms. The van der Waals surface area contributed by atoms with Gasteiger partial charge in [-0.05, 0) is 107 Å². The Kier molecular flexibility index (Phi) is 25.9. The highest BCUT2D eigenvalue weighted by molar-refractivity contribution is 6.39. The molecule has 16 heteroatoms. The number of hydrogen-bond donors (Lipinski definition) is 3. The number of Topliss-reactive ketones (excluding diaryl/α,β-unsaturated/α-hetero) is 2. The number of ether oxygens (including phenoxy) is 8. The van der Waals surface area contributed by atoms with Gasteiger partial charge in [0.05, 0.1) is 56.9 Å². The molecule has 0 radical (unpaired) electrons. The number of ketones is 2. The third-order valence-electron chi connectivity index (χ3n) is 15.6. The number of aliphatic hydroxyl groups is 3. The molecule has 3 heterocycles. The monoisotopic (exact) mass is 1020 g/mol. The number of nitrogens with zero attached hydrogens (tertiary/aromatic N) is 1. The van der Waals surface area contributed by atoms with E-state index < -0.39 is 84.1 Å². The van der Waals surface area contributed by atoms with Gasteiger partial charge in [0.25, 0.3) is 11.7 Å². The Morgan fingerprint density at radius 2 is 1.50 bits per heavy atom. The molecule has 72 heavy (non-hydrogen) atoms. The molecular weight excluding hydrogens is 927 g/mol. The zero-order chi connectivity index (χ0) is 53.1. The van der Waals surface area contributed by atoms with Gasteiger partial charge in [0, 0.05) is 65.6 Å². The highest BCUT2D eigenvalue weighted by atomic mass is 16.6. The van der Waals surface area contributed by atoms with Crippen molar-refractivity contribution < 1.29 is 72.4 Å². The topological polar surface area (TPSA) is 206 Å². The molecule has 2 saturated heterocycles. The molecular formula is C56H91NO15. The van der Waals surface area contributed by atoms with Gasteiger partial charge in [-0.3, -0.25) is 14.4 Å². The molecule has 1 amide bonds. The van der Waals surface area contributed by atoms with E-state index in [1.54, 1.807) is 21.1 Å². The minimum atomic E-state index is -2.45. The summed E-state index contributed by atoms with van der Waals surface area (Å²) in [7, 11) is 6.21. The number of carbonyl (C=O) groups excluding carboxylic acids is 4. The third-order valence-corrected chi connectivity index (χ3v) is 15.6. The minimum Gasteiger partial charge on any atom is -0.460 e. The van der Waals surface area contributed by atoms with Gasteiger partial charge in [0.15, 0.2) is 5.78 Å². The zero-order valence-corrected chi connectivity index (χ0v) is 45.3. The lowest BCUT2D eigenvalue weighted by Crippen LogP contribution is -2.61. The van der Waals surface area contributed by atoms with Crippen molar-refractivity contribution in [3.8, 4) is 0 Å². The molecule has 3 fully saturated rings. The van der Waals surface area contributed by atoms with Crippen LogP contribution < -0.4 is 0 Å². The van der Waals surface area contributed by atoms with Gasteiger partial charge in [-0.2, -0.15) is 0 Å². The Morgan fingerprint density at radius 1 is 0.778 bits per heavy atom. The maximum Gasteiger partial charge on any atom is 0.329 e. The van der Waals surface area contributed by atoms with Gasteiger partial charge >= 0.3 is 5.97 Å². The first-order chi connectivity index (χ1) is 34.3. The number of aliphatic hydroxyl groups excluding tert-OH is 2. The molecule has 4 aliphatic rings. The molecule has 1 saturated carbocycles. The van der Waals surface area contributed by atoms with E-state index in [-0.39, 0.29) is 68.0 Å². The summed E-state index contributed by atoms with van der Waals surface area (Å²) in [6.07, 6.45) is 11.8. The lowest BCUT2D eigenvalue weighted by molar-refractivity contribution is -0.266. The Morgan fingerprint density at radius 3 is 2.19 bits per heavy atom. The molecule has 0 aromatic heterocycles. The zero-order valence-electron chi connectivity index (χ0n) is 45.3. The van der Waals surface area contributed by atoms with Gasteiger partial charge in [0.2, 0.25) is 5.79 Å². The third kappa shape index (κ3) is 17.5. The van der Waals surface area contributed by atoms with E-state index in [1.807, 2.05) is 71.1 Å². The van der Waals surface area contributed by atoms with Crippen LogP contribution in [0.4, 0.5) is 0 Å². The highest BCUT2D eigenvalue weighted by Gasteiger charge is 2.53. The number of amides is 1. The number of cyclic esters (lactones) is 1. The van der Waals surface area contributed by atoms with Gasteiger partial charge in [0.1, 0.15) is 24.4 Å². The summed E-state index contributed by atoms with van der Waals surface area (Å²) in [6, 6.07) is -1.12. The fourth-order valence-electron chi connectivity index (χ4n) is 11.0. The molecule has 0 aromatic rings. The van der Waals surface area contributed by atoms with E-state index in [2.05, 4.69) is 6.92 Å². The number of piperidine rings is 1. The predicted octanol–water partition coefficient (Wildman–Crippen LogP) is 6.66. The number of carbonyl (C=O) groups is 4. The number of fused-ring (bicyclic) bond motifs is 3. The second-order valence-electron chi connectivity index (χ2n) is 21.2. The first-order valence-corrected chi connectivity index (χ1v) is 26.6. The first kappa shape index (κ1) is 61.4. The van der Waals surface area contributed by atoms with Crippen LogP contribution in [0.3, 0.4) is 0 Å². The van der Waals surface area contributed by atoms with Crippen molar-refractivity contribution in [1.29, 1.82) is 0 Å². The maximum atomic E-state index is 14.6. The standard InChI is InChI=1S/C56H91NO15/c1-35-17-13-12-14-18-36(2)47(70-28-27-69-26-25-65-8)33-43-22-20-41(7)56(64,72-43)53(61)54(62)57-24-16-15-19-44(57)55(63)71-48(38(4)31-42-21-23-45(58)49(32-42)66-9)34-46(59)37(3)30-40(6)51(67-10)52(68-11)50(60)39(5)29-35/h12-14,17-18,30,35,37-39,41-49,51-52,58-59,64H,15-16,19-29,31-34H2,1-11H3/b14-12?,17-13+,36-18?,40-30+/t35-,37-,38-,39-,41-,42+,43+,44+,45-,46?,47?,48+,49-,51-,52+,56-/m1/s1. The fraction of sp³-hybridized carbons (Fsp3) is 0.786. The molecule has 4 rings (SSSR count). The summed E-state index contributed by atoms with van der Waals surface area (Å²) in [5.41, 5.74) is 1.56. The van der Waals surface area contributed by atoms with Crippen LogP contribution in [-0.4, -0.2) is 166 Å². The van der Waals surface area contributed by atoms with Crippen molar-refractivity contribution in [3.05, 3.63) is 47.6 Å². The molecule has 0 aromatic carbocycles. The molecule has 410 valence electrons. The normalized spacial score (nSPS) is 37.5. The molecule has 1 aliphatic carbocycles. The number of methoxy groups -OCH3 is 4. The second-order valence-corrected chi connectivity index (χ2v) is 21.2. The van der Waals surface area contributed by atoms with Crippen LogP contribution >= 0.6 is 0 Å². The summed E-state index contributed by atoms with van der Waals surface area (Å²) >= 11 is 0. The SMILES string of the molecule is COCCOCCOC1C[C@@H]2CC[C@@H](C)[C@@](O)(O2)C(=O)C(=O)N2CCCC[C@H]2C(=O)O[C@H]([C@H](C)C[C@@H]2CC[C@@H](O)[C@H](OC)C2)CC(O)[C@H](C)/C=C(\C)[C@@H](OC)[C@@H](OC)C(=O)[C@H](C)C[C@H](C)/C=C/C=CC=C1C. The molecule has 3 N–H and O–H groups in total. The largest absolute Gasteiger partial charge is 0.460 e. The van der Waals surface area contributed by atoms with E-state index in [0.717, 1.165) is 12.0 Å². The van der Waals surface area contributed by atoms with Crippen LogP contribution in [0.5, 0.6) is 0 Å². The quantitative estimate of drug-likeness (QED) is 0.0764. The van der Waals surface area contributed by atoms with Crippen molar-refractivity contribution in [2.75, 3.05) is 61.4 Å². The lowest BCUT2D eigenvalue weighted by Gasteiger charge is -2.43. The van der Waals surface area contributed by atoms with E-state index in [1.165, 1.54) is 19.1 Å². The maximum absolute atomic E-state index is 14.6. The van der Waals surface area contributed by atoms with Crippen LogP contribution in [0.2, 0.25) is 0 Å². The average Bonchev–Trinajstić information content (AvgIpc) is 3.36. The molecule has 3 aliphatic heterocycles. The van der Waals surface area contributed by atoms with Crippen LogP contribution in [0.1, 0.15) is 126 Å². The van der Waals surface area contributed by atoms with Gasteiger partial charge in [-0.1, -0.05) is 71.1 Å². The van der Waals surface area contributed by atoms with Crippen LogP contribution in [0.15, 0.2) is 47.6 Å². The highest BCUT2D eigenvalue weighted by Crippen LogP contribution is 2.38. The molecule has 16 atom stereocenters. The van der Waals surface area contributed by atoms with Gasteiger partial charge < -0.3 is 58.1 Å². The van der Waals surface area contributed by atoms with Gasteiger partial charge in [-0.15, -0.1) is 0 Å². The summed E-state index contributed by atoms with van der Waals surface area (Å²) < 4.78 is 47.2. The van der Waals surface area contributed by atoms with Crippen molar-refractivity contribution in [2.45, 2.75) is 186 Å². The minimum absolute atomic E-state index is 0.0460. The summed E-state index contributed by atoms with van der Waals surface area (Å²) in [4.78, 5) is 58.7. The molecule has 16 nitrogen and oxygen atoms in total. The summed E-state index contributed by atoms with van der Waals surface area (Å²) in [5, 5.41) is 34.7. The Bertz CT molecular complexity index is 1830. The molecule has 2 unspecified atom stereocenters. The Labute approximate surface area is 430 Å².